The summed E-state index contributed by atoms with van der Waals surface area (Å²) in [5.41, 5.74) is 5.12. The van der Waals surface area contributed by atoms with Crippen molar-refractivity contribution in [1.29, 1.82) is 0 Å². The van der Waals surface area contributed by atoms with Gasteiger partial charge in [-0.25, -0.2) is 39.2 Å². The first-order valence-corrected chi connectivity index (χ1v) is 25.5. The maximum atomic E-state index is 12.0. The maximum absolute atomic E-state index is 12.0. The van der Waals surface area contributed by atoms with Crippen molar-refractivity contribution in [3.8, 4) is 23.0 Å². The molecule has 4 aromatic rings. The second-order valence-corrected chi connectivity index (χ2v) is 17.9. The Hall–Kier alpha value is -9.48. The molecule has 424 valence electrons. The topological polar surface area (TPSA) is 317 Å². The summed E-state index contributed by atoms with van der Waals surface area (Å²) in [6.45, 7) is 14.1. The highest BCUT2D eigenvalue weighted by molar-refractivity contribution is 6.34. The molecule has 4 heterocycles. The molecular formula is C56H64N8O16. The number of hydrogen-bond donors (Lipinski definition) is 4. The van der Waals surface area contributed by atoms with Gasteiger partial charge >= 0.3 is 47.5 Å². The summed E-state index contributed by atoms with van der Waals surface area (Å²) in [6.07, 6.45) is 1.90. The molecule has 0 radical (unpaired) electrons. The third-order valence-electron chi connectivity index (χ3n) is 12.1. The number of carbonyl (C=O) groups excluding carboxylic acids is 8. The zero-order chi connectivity index (χ0) is 58.8. The minimum Gasteiger partial charge on any atom is -0.508 e. The standard InChI is InChI=1S/4C14H16N2O4/c4*1-3-20-14(19)13(18)16-11(8-9(2)15-16)10-6-4-5-7-12(10)17/h4*4-7,11,17H,3,8H2,1-2H3/t4*11-/m1100/s1. The fraction of sp³-hybridized carbons (Fsp3) is 0.357. The van der Waals surface area contributed by atoms with Gasteiger partial charge in [0.1, 0.15) is 23.0 Å². The quantitative estimate of drug-likeness (QED) is 0.0840. The SMILES string of the molecule is CCOC(=O)C(=O)N1N=C(C)C[C@@H]1c1ccccc1O.CCOC(=O)C(=O)N1N=C(C)C[C@@H]1c1ccccc1O.CCOC(=O)C(=O)N1N=C(C)C[C@H]1c1ccccc1O.CCOC(=O)C(=O)N1N=C(C)C[C@H]1c1ccccc1O. The summed E-state index contributed by atoms with van der Waals surface area (Å²) in [6, 6.07) is 24.9. The van der Waals surface area contributed by atoms with E-state index in [0.29, 0.717) is 47.9 Å². The molecule has 4 aliphatic rings. The number of hydrogen-bond acceptors (Lipinski definition) is 20. The molecule has 4 N–H and O–H groups in total. The molecule has 0 spiro atoms. The Balaban J connectivity index is 0.000000196. The molecule has 4 aliphatic heterocycles. The van der Waals surface area contributed by atoms with E-state index in [2.05, 4.69) is 20.4 Å². The number of phenols is 4. The lowest BCUT2D eigenvalue weighted by Crippen LogP contribution is -2.34. The molecule has 0 saturated heterocycles. The number of benzene rings is 4. The largest absolute Gasteiger partial charge is 0.508 e. The van der Waals surface area contributed by atoms with Crippen LogP contribution in [-0.4, -0.2) is 137 Å². The fourth-order valence-corrected chi connectivity index (χ4v) is 8.58. The van der Waals surface area contributed by atoms with Crippen LogP contribution >= 0.6 is 0 Å². The lowest BCUT2D eigenvalue weighted by Gasteiger charge is -2.21. The van der Waals surface area contributed by atoms with E-state index in [9.17, 15) is 58.8 Å². The van der Waals surface area contributed by atoms with E-state index < -0.39 is 71.7 Å². The summed E-state index contributed by atoms with van der Waals surface area (Å²) in [7, 11) is 0. The van der Waals surface area contributed by atoms with Gasteiger partial charge in [0.25, 0.3) is 0 Å². The molecule has 0 bridgehead atoms. The zero-order valence-corrected chi connectivity index (χ0v) is 45.5. The lowest BCUT2D eigenvalue weighted by molar-refractivity contribution is -0.160. The van der Waals surface area contributed by atoms with Gasteiger partial charge in [0, 0.05) is 70.8 Å². The third-order valence-corrected chi connectivity index (χ3v) is 12.1. The summed E-state index contributed by atoms with van der Waals surface area (Å²) in [5.74, 6) is -6.75. The summed E-state index contributed by atoms with van der Waals surface area (Å²) in [4.78, 5) is 94.4. The molecule has 4 atom stereocenters. The van der Waals surface area contributed by atoms with E-state index in [1.165, 1.54) is 24.3 Å². The van der Waals surface area contributed by atoms with E-state index in [1.807, 2.05) is 0 Å². The Kier molecular flexibility index (Phi) is 22.1. The number of rotatable bonds is 8. The number of amides is 4. The third kappa shape index (κ3) is 15.4. The van der Waals surface area contributed by atoms with Crippen LogP contribution in [0, 0.1) is 0 Å². The van der Waals surface area contributed by atoms with Gasteiger partial charge in [-0.05, 0) is 79.7 Å². The molecule has 0 fully saturated rings. The number of ether oxygens (including phenoxy) is 4. The minimum atomic E-state index is -0.939. The highest BCUT2D eigenvalue weighted by atomic mass is 16.6. The molecule has 4 amide bonds. The molecule has 0 aliphatic carbocycles. The molecule has 0 unspecified atom stereocenters. The number of phenolic OH excluding ortho intramolecular Hbond substituents is 4. The lowest BCUT2D eigenvalue weighted by atomic mass is 10.0. The van der Waals surface area contributed by atoms with Crippen LogP contribution in [-0.2, 0) is 57.3 Å². The predicted molar refractivity (Wildman–Crippen MR) is 288 cm³/mol. The van der Waals surface area contributed by atoms with Crippen LogP contribution in [0.2, 0.25) is 0 Å². The second kappa shape index (κ2) is 28.8. The van der Waals surface area contributed by atoms with E-state index >= 15 is 0 Å². The van der Waals surface area contributed by atoms with Gasteiger partial charge in [-0.2, -0.15) is 20.4 Å². The molecule has 80 heavy (non-hydrogen) atoms. The fourth-order valence-electron chi connectivity index (χ4n) is 8.58. The highest BCUT2D eigenvalue weighted by Crippen LogP contribution is 2.39. The number of esters is 4. The van der Waals surface area contributed by atoms with Crippen molar-refractivity contribution < 1.29 is 77.7 Å². The predicted octanol–water partition coefficient (Wildman–Crippen LogP) is 6.42. The van der Waals surface area contributed by atoms with Gasteiger partial charge in [0.05, 0.1) is 50.6 Å². The van der Waals surface area contributed by atoms with Crippen molar-refractivity contribution >= 4 is 70.4 Å². The van der Waals surface area contributed by atoms with Gasteiger partial charge in [-0.15, -0.1) is 0 Å². The van der Waals surface area contributed by atoms with Crippen LogP contribution in [0.4, 0.5) is 0 Å². The van der Waals surface area contributed by atoms with Gasteiger partial charge < -0.3 is 39.4 Å². The maximum Gasteiger partial charge on any atom is 0.398 e. The minimum absolute atomic E-state index is 0.0732. The molecule has 0 aromatic heterocycles. The molecule has 4 aromatic carbocycles. The zero-order valence-electron chi connectivity index (χ0n) is 45.5. The van der Waals surface area contributed by atoms with Crippen LogP contribution < -0.4 is 0 Å². The second-order valence-electron chi connectivity index (χ2n) is 17.9. The number of carbonyl (C=O) groups is 8. The summed E-state index contributed by atoms with van der Waals surface area (Å²) < 4.78 is 18.8. The Morgan fingerprint density at radius 1 is 0.362 bits per heavy atom. The smallest absolute Gasteiger partial charge is 0.398 e. The normalized spacial score (nSPS) is 17.8. The molecule has 24 nitrogen and oxygen atoms in total. The van der Waals surface area contributed by atoms with E-state index in [-0.39, 0.29) is 49.4 Å². The summed E-state index contributed by atoms with van der Waals surface area (Å²) >= 11 is 0. The monoisotopic (exact) mass is 1100 g/mol. The number of para-hydroxylation sites is 4. The Bertz CT molecular complexity index is 2680. The van der Waals surface area contributed by atoms with Crippen molar-refractivity contribution in [1.82, 2.24) is 20.0 Å². The van der Waals surface area contributed by atoms with E-state index in [4.69, 9.17) is 18.9 Å². The first-order chi connectivity index (χ1) is 38.2. The molecule has 8 rings (SSSR count). The number of hydrazone groups is 4. The van der Waals surface area contributed by atoms with Gasteiger partial charge in [0.2, 0.25) is 0 Å². The van der Waals surface area contributed by atoms with Crippen LogP contribution in [0.1, 0.15) is 127 Å². The van der Waals surface area contributed by atoms with Crippen molar-refractivity contribution in [3.05, 3.63) is 119 Å². The Morgan fingerprint density at radius 2 is 0.537 bits per heavy atom. The van der Waals surface area contributed by atoms with Crippen molar-refractivity contribution in [3.63, 3.8) is 0 Å². The van der Waals surface area contributed by atoms with Crippen molar-refractivity contribution in [2.75, 3.05) is 26.4 Å². The average Bonchev–Trinajstić information content (AvgIpc) is 4.23. The van der Waals surface area contributed by atoms with Crippen LogP contribution in [0.25, 0.3) is 0 Å². The number of nitrogens with zero attached hydrogens (tertiary/aromatic N) is 8. The van der Waals surface area contributed by atoms with Crippen LogP contribution in [0.5, 0.6) is 23.0 Å². The molecule has 0 saturated carbocycles. The first kappa shape index (κ1) is 61.4. The van der Waals surface area contributed by atoms with E-state index in [0.717, 1.165) is 42.9 Å². The van der Waals surface area contributed by atoms with Crippen molar-refractivity contribution in [2.24, 2.45) is 20.4 Å². The van der Waals surface area contributed by atoms with E-state index in [1.54, 1.807) is 128 Å². The molecule has 24 heteroatoms. The van der Waals surface area contributed by atoms with Gasteiger partial charge in [0.15, 0.2) is 0 Å². The van der Waals surface area contributed by atoms with Crippen LogP contribution in [0.15, 0.2) is 117 Å². The highest BCUT2D eigenvalue weighted by Gasteiger charge is 2.40. The Labute approximate surface area is 461 Å². The Morgan fingerprint density at radius 3 is 0.700 bits per heavy atom. The van der Waals surface area contributed by atoms with Gasteiger partial charge in [-0.1, -0.05) is 72.8 Å². The van der Waals surface area contributed by atoms with Gasteiger partial charge in [-0.3, -0.25) is 19.2 Å². The van der Waals surface area contributed by atoms with Crippen molar-refractivity contribution in [2.45, 2.75) is 105 Å². The first-order valence-electron chi connectivity index (χ1n) is 25.5. The molecular weight excluding hydrogens is 1040 g/mol. The average molecular weight is 1110 g/mol. The summed E-state index contributed by atoms with van der Waals surface area (Å²) in [5, 5.41) is 60.2. The number of aromatic hydroxyl groups is 4. The van der Waals surface area contributed by atoms with Crippen LogP contribution in [0.3, 0.4) is 0 Å².